The Morgan fingerprint density at radius 3 is 2.57 bits per heavy atom. The Kier molecular flexibility index (Phi) is 6.45. The highest BCUT2D eigenvalue weighted by Crippen LogP contribution is 2.25. The molecule has 112 valence electrons. The van der Waals surface area contributed by atoms with Crippen molar-refractivity contribution < 1.29 is 4.39 Å². The normalized spacial score (nSPS) is 12.4. The predicted octanol–water partition coefficient (Wildman–Crippen LogP) is 5.37. The topological polar surface area (TPSA) is 12.0 Å². The molecule has 0 fully saturated rings. The minimum Gasteiger partial charge on any atom is -0.310 e. The molecular weight excluding hydrogens is 400 g/mol. The molecule has 2 rings (SSSR count). The van der Waals surface area contributed by atoms with E-state index in [0.717, 1.165) is 19.4 Å². The van der Waals surface area contributed by atoms with Crippen LogP contribution in [0.4, 0.5) is 4.39 Å². The summed E-state index contributed by atoms with van der Waals surface area (Å²) in [5.74, 6) is -0.210. The molecular formula is C17H18ClFIN. The molecule has 0 amide bonds. The first-order chi connectivity index (χ1) is 10.1. The van der Waals surface area contributed by atoms with E-state index in [9.17, 15) is 4.39 Å². The minimum atomic E-state index is -0.210. The van der Waals surface area contributed by atoms with Crippen LogP contribution in [0.3, 0.4) is 0 Å². The van der Waals surface area contributed by atoms with Crippen LogP contribution in [0, 0.1) is 9.39 Å². The maximum absolute atomic E-state index is 14.1. The van der Waals surface area contributed by atoms with Crippen LogP contribution in [-0.2, 0) is 6.42 Å². The van der Waals surface area contributed by atoms with Gasteiger partial charge < -0.3 is 5.32 Å². The van der Waals surface area contributed by atoms with Crippen LogP contribution >= 0.6 is 34.2 Å². The molecule has 1 N–H and O–H groups in total. The van der Waals surface area contributed by atoms with E-state index in [1.54, 1.807) is 12.1 Å². The average molecular weight is 418 g/mol. The first kappa shape index (κ1) is 16.7. The van der Waals surface area contributed by atoms with E-state index in [0.29, 0.717) is 10.6 Å². The smallest absolute Gasteiger partial charge is 0.128 e. The molecule has 2 aromatic rings. The molecule has 0 radical (unpaired) electrons. The van der Waals surface area contributed by atoms with E-state index >= 15 is 0 Å². The summed E-state index contributed by atoms with van der Waals surface area (Å²) < 4.78 is 15.3. The summed E-state index contributed by atoms with van der Waals surface area (Å²) in [7, 11) is 0. The van der Waals surface area contributed by atoms with Crippen LogP contribution in [0.1, 0.15) is 30.5 Å². The first-order valence-corrected chi connectivity index (χ1v) is 8.48. The van der Waals surface area contributed by atoms with Crippen molar-refractivity contribution in [1.29, 1.82) is 0 Å². The zero-order valence-electron chi connectivity index (χ0n) is 11.9. The molecule has 0 aliphatic carbocycles. The summed E-state index contributed by atoms with van der Waals surface area (Å²) in [6, 6.07) is 13.0. The van der Waals surface area contributed by atoms with Gasteiger partial charge in [-0.15, -0.1) is 0 Å². The Morgan fingerprint density at radius 1 is 1.19 bits per heavy atom. The van der Waals surface area contributed by atoms with E-state index in [2.05, 4.69) is 59.1 Å². The first-order valence-electron chi connectivity index (χ1n) is 7.03. The Morgan fingerprint density at radius 2 is 1.90 bits per heavy atom. The minimum absolute atomic E-state index is 0.0660. The lowest BCUT2D eigenvalue weighted by molar-refractivity contribution is 0.497. The van der Waals surface area contributed by atoms with Gasteiger partial charge in [0.2, 0.25) is 0 Å². The molecule has 0 saturated carbocycles. The van der Waals surface area contributed by atoms with E-state index in [1.165, 1.54) is 15.2 Å². The van der Waals surface area contributed by atoms with Crippen molar-refractivity contribution >= 4 is 34.2 Å². The van der Waals surface area contributed by atoms with Crippen LogP contribution in [0.15, 0.2) is 42.5 Å². The molecule has 0 aliphatic heterocycles. The maximum atomic E-state index is 14.1. The van der Waals surface area contributed by atoms with Gasteiger partial charge in [-0.2, -0.15) is 0 Å². The van der Waals surface area contributed by atoms with Gasteiger partial charge in [0, 0.05) is 20.2 Å². The lowest BCUT2D eigenvalue weighted by atomic mass is 9.98. The molecule has 21 heavy (non-hydrogen) atoms. The molecule has 0 heterocycles. The van der Waals surface area contributed by atoms with Crippen molar-refractivity contribution in [2.24, 2.45) is 0 Å². The standard InChI is InChI=1S/C17H18ClFIN/c1-2-9-21-17(10-12-3-6-14(20)7-4-12)15-11-13(18)5-8-16(15)19/h3-8,11,17,21H,2,9-10H2,1H3. The van der Waals surface area contributed by atoms with E-state index in [1.807, 2.05) is 0 Å². The van der Waals surface area contributed by atoms with E-state index in [-0.39, 0.29) is 11.9 Å². The van der Waals surface area contributed by atoms with Crippen molar-refractivity contribution in [3.8, 4) is 0 Å². The molecule has 4 heteroatoms. The van der Waals surface area contributed by atoms with Crippen LogP contribution in [0.25, 0.3) is 0 Å². The molecule has 0 aromatic heterocycles. The monoisotopic (exact) mass is 417 g/mol. The summed E-state index contributed by atoms with van der Waals surface area (Å²) in [6.45, 7) is 2.95. The Balaban J connectivity index is 2.25. The second kappa shape index (κ2) is 8.11. The number of rotatable bonds is 6. The van der Waals surface area contributed by atoms with E-state index < -0.39 is 0 Å². The van der Waals surface area contributed by atoms with Gasteiger partial charge >= 0.3 is 0 Å². The third-order valence-corrected chi connectivity index (χ3v) is 4.28. The van der Waals surface area contributed by atoms with Crippen LogP contribution < -0.4 is 5.32 Å². The fourth-order valence-electron chi connectivity index (χ4n) is 2.25. The number of nitrogens with one attached hydrogen (secondary N) is 1. The number of hydrogen-bond donors (Lipinski definition) is 1. The van der Waals surface area contributed by atoms with Crippen molar-refractivity contribution in [3.05, 3.63) is 68.0 Å². The van der Waals surface area contributed by atoms with Gasteiger partial charge in [-0.3, -0.25) is 0 Å². The van der Waals surface area contributed by atoms with Gasteiger partial charge in [0.05, 0.1) is 0 Å². The van der Waals surface area contributed by atoms with Crippen molar-refractivity contribution in [2.75, 3.05) is 6.54 Å². The second-order valence-corrected chi connectivity index (χ2v) is 6.69. The summed E-state index contributed by atoms with van der Waals surface area (Å²) in [5, 5.41) is 3.98. The van der Waals surface area contributed by atoms with E-state index in [4.69, 9.17) is 11.6 Å². The molecule has 0 saturated heterocycles. The lowest BCUT2D eigenvalue weighted by Gasteiger charge is -2.20. The quantitative estimate of drug-likeness (QED) is 0.623. The number of hydrogen-bond acceptors (Lipinski definition) is 1. The van der Waals surface area contributed by atoms with Crippen LogP contribution in [0.2, 0.25) is 5.02 Å². The third-order valence-electron chi connectivity index (χ3n) is 3.33. The highest BCUT2D eigenvalue weighted by molar-refractivity contribution is 14.1. The predicted molar refractivity (Wildman–Crippen MR) is 95.3 cm³/mol. The SMILES string of the molecule is CCCNC(Cc1ccc(I)cc1)c1cc(Cl)ccc1F. The Labute approximate surface area is 144 Å². The fraction of sp³-hybridized carbons (Fsp3) is 0.294. The fourth-order valence-corrected chi connectivity index (χ4v) is 2.79. The number of halogens is 3. The van der Waals surface area contributed by atoms with Crippen LogP contribution in [0.5, 0.6) is 0 Å². The summed E-state index contributed by atoms with van der Waals surface area (Å²) in [6.07, 6.45) is 1.75. The summed E-state index contributed by atoms with van der Waals surface area (Å²) >= 11 is 8.30. The van der Waals surface area contributed by atoms with Gasteiger partial charge in [-0.05, 0) is 77.9 Å². The zero-order valence-corrected chi connectivity index (χ0v) is 14.8. The van der Waals surface area contributed by atoms with Gasteiger partial charge in [-0.25, -0.2) is 4.39 Å². The van der Waals surface area contributed by atoms with Crippen molar-refractivity contribution in [3.63, 3.8) is 0 Å². The average Bonchev–Trinajstić information content (AvgIpc) is 2.48. The van der Waals surface area contributed by atoms with Gasteiger partial charge in [0.25, 0.3) is 0 Å². The van der Waals surface area contributed by atoms with Crippen LogP contribution in [-0.4, -0.2) is 6.54 Å². The molecule has 1 atom stereocenters. The maximum Gasteiger partial charge on any atom is 0.128 e. The molecule has 1 unspecified atom stereocenters. The summed E-state index contributed by atoms with van der Waals surface area (Å²) in [5.41, 5.74) is 1.82. The zero-order chi connectivity index (χ0) is 15.2. The Bertz CT molecular complexity index is 586. The largest absolute Gasteiger partial charge is 0.310 e. The summed E-state index contributed by atoms with van der Waals surface area (Å²) in [4.78, 5) is 0. The second-order valence-electron chi connectivity index (χ2n) is 5.00. The molecule has 0 bridgehead atoms. The highest BCUT2D eigenvalue weighted by Gasteiger charge is 2.16. The molecule has 0 spiro atoms. The third kappa shape index (κ3) is 4.94. The Hall–Kier alpha value is -0.650. The molecule has 0 aliphatic rings. The molecule has 1 nitrogen and oxygen atoms in total. The van der Waals surface area contributed by atoms with Gasteiger partial charge in [0.15, 0.2) is 0 Å². The lowest BCUT2D eigenvalue weighted by Crippen LogP contribution is -2.25. The number of benzene rings is 2. The van der Waals surface area contributed by atoms with Gasteiger partial charge in [-0.1, -0.05) is 30.7 Å². The highest BCUT2D eigenvalue weighted by atomic mass is 127. The van der Waals surface area contributed by atoms with Gasteiger partial charge in [0.1, 0.15) is 5.82 Å². The molecule has 2 aromatic carbocycles. The van der Waals surface area contributed by atoms with Crippen molar-refractivity contribution in [1.82, 2.24) is 5.32 Å². The van der Waals surface area contributed by atoms with Crippen molar-refractivity contribution in [2.45, 2.75) is 25.8 Å².